The lowest BCUT2D eigenvalue weighted by atomic mass is 9.64. The number of thiazole rings is 1. The van der Waals surface area contributed by atoms with E-state index in [1.54, 1.807) is 23.3 Å². The molecule has 2 fully saturated rings. The quantitative estimate of drug-likeness (QED) is 0.733. The van der Waals surface area contributed by atoms with Crippen LogP contribution >= 0.6 is 11.3 Å². The van der Waals surface area contributed by atoms with Gasteiger partial charge in [-0.25, -0.2) is 9.78 Å². The Hall–Kier alpha value is -2.42. The van der Waals surface area contributed by atoms with Gasteiger partial charge in [0.2, 0.25) is 5.91 Å². The van der Waals surface area contributed by atoms with Crippen molar-refractivity contribution >= 4 is 34.1 Å². The Labute approximate surface area is 186 Å². The minimum absolute atomic E-state index is 0.0407. The molecule has 4 amide bonds. The van der Waals surface area contributed by atoms with E-state index in [0.717, 1.165) is 32.5 Å². The van der Waals surface area contributed by atoms with Crippen LogP contribution in [-0.2, 0) is 16.1 Å². The molecule has 0 radical (unpaired) electrons. The summed E-state index contributed by atoms with van der Waals surface area (Å²) < 4.78 is 2.01. The Morgan fingerprint density at radius 3 is 2.71 bits per heavy atom. The number of urea groups is 1. The zero-order valence-corrected chi connectivity index (χ0v) is 19.9. The molecule has 1 aliphatic heterocycles. The number of hydrogen-bond donors (Lipinski definition) is 1. The Balaban J connectivity index is 1.48. The second-order valence-electron chi connectivity index (χ2n) is 10.1. The van der Waals surface area contributed by atoms with Crippen molar-refractivity contribution in [3.05, 3.63) is 22.5 Å². The molecule has 1 N–H and O–H groups in total. The largest absolute Gasteiger partial charge is 0.338 e. The first-order chi connectivity index (χ1) is 14.4. The number of likely N-dealkylation sites (N-methyl/N-ethyl adjacent to an activating group) is 1. The highest BCUT2D eigenvalue weighted by Gasteiger charge is 2.56. The van der Waals surface area contributed by atoms with Crippen molar-refractivity contribution in [1.29, 1.82) is 0 Å². The summed E-state index contributed by atoms with van der Waals surface area (Å²) in [6.45, 7) is 10.4. The third-order valence-corrected chi connectivity index (χ3v) is 7.37. The van der Waals surface area contributed by atoms with Gasteiger partial charge in [-0.2, -0.15) is 0 Å². The van der Waals surface area contributed by atoms with Gasteiger partial charge in [0, 0.05) is 18.1 Å². The molecule has 2 atom stereocenters. The van der Waals surface area contributed by atoms with Crippen molar-refractivity contribution in [2.75, 3.05) is 13.6 Å². The third-order valence-electron chi connectivity index (χ3n) is 6.47. The second kappa shape index (κ2) is 7.32. The van der Waals surface area contributed by atoms with Crippen LogP contribution in [-0.4, -0.2) is 56.2 Å². The molecule has 1 saturated heterocycles. The number of carbonyl (C=O) groups excluding carboxylic acids is 3. The lowest BCUT2D eigenvalue weighted by Crippen LogP contribution is -2.54. The van der Waals surface area contributed by atoms with Crippen LogP contribution in [0.1, 0.15) is 56.3 Å². The predicted octanol–water partition coefficient (Wildman–Crippen LogP) is 3.11. The smallest absolute Gasteiger partial charge is 0.325 e. The van der Waals surface area contributed by atoms with Crippen LogP contribution in [0.4, 0.5) is 4.79 Å². The highest BCUT2D eigenvalue weighted by Crippen LogP contribution is 2.46. The van der Waals surface area contributed by atoms with Crippen LogP contribution in [0.25, 0.3) is 4.96 Å². The van der Waals surface area contributed by atoms with Crippen LogP contribution in [0.5, 0.6) is 0 Å². The Morgan fingerprint density at radius 1 is 1.32 bits per heavy atom. The molecule has 2 aromatic heterocycles. The van der Waals surface area contributed by atoms with E-state index < -0.39 is 11.6 Å². The van der Waals surface area contributed by atoms with Gasteiger partial charge in [-0.1, -0.05) is 20.8 Å². The number of fused-ring (bicyclic) bond motifs is 1. The maximum absolute atomic E-state index is 13.3. The summed E-state index contributed by atoms with van der Waals surface area (Å²) in [5.41, 5.74) is 0.880. The average Bonchev–Trinajstić information content (AvgIpc) is 3.19. The molecule has 2 aliphatic rings. The average molecular weight is 446 g/mol. The number of aryl methyl sites for hydroxylation is 2. The molecule has 0 aromatic carbocycles. The van der Waals surface area contributed by atoms with Crippen LogP contribution in [0.2, 0.25) is 0 Å². The number of nitrogens with zero attached hydrogens (tertiary/aromatic N) is 4. The van der Waals surface area contributed by atoms with Crippen molar-refractivity contribution in [2.45, 2.75) is 66.0 Å². The number of rotatable bonds is 4. The van der Waals surface area contributed by atoms with E-state index >= 15 is 0 Å². The Bertz CT molecular complexity index is 1070. The molecular formula is C22H31N5O3S. The number of carbonyl (C=O) groups is 3. The van der Waals surface area contributed by atoms with Crippen LogP contribution in [0.15, 0.2) is 6.20 Å². The molecule has 31 heavy (non-hydrogen) atoms. The summed E-state index contributed by atoms with van der Waals surface area (Å²) in [6, 6.07) is -0.465. The number of aromatic nitrogens is 2. The van der Waals surface area contributed by atoms with Crippen LogP contribution in [0.3, 0.4) is 0 Å². The number of amides is 4. The van der Waals surface area contributed by atoms with Crippen molar-refractivity contribution in [3.63, 3.8) is 0 Å². The maximum Gasteiger partial charge on any atom is 0.325 e. The zero-order chi connectivity index (χ0) is 22.7. The lowest BCUT2D eigenvalue weighted by Gasteiger charge is -2.43. The van der Waals surface area contributed by atoms with Gasteiger partial charge in [0.15, 0.2) is 4.96 Å². The first-order valence-electron chi connectivity index (χ1n) is 10.7. The fourth-order valence-corrected chi connectivity index (χ4v) is 6.41. The van der Waals surface area contributed by atoms with Crippen molar-refractivity contribution in [2.24, 2.45) is 11.3 Å². The first-order valence-corrected chi connectivity index (χ1v) is 11.5. The topological polar surface area (TPSA) is 87.0 Å². The summed E-state index contributed by atoms with van der Waals surface area (Å²) in [4.78, 5) is 48.2. The molecule has 1 saturated carbocycles. The lowest BCUT2D eigenvalue weighted by molar-refractivity contribution is -0.140. The monoisotopic (exact) mass is 445 g/mol. The van der Waals surface area contributed by atoms with Crippen molar-refractivity contribution in [1.82, 2.24) is 24.5 Å². The number of hydrogen-bond acceptors (Lipinski definition) is 5. The maximum atomic E-state index is 13.3. The van der Waals surface area contributed by atoms with Gasteiger partial charge in [0.05, 0.1) is 17.9 Å². The number of imidazole rings is 1. The molecule has 2 aromatic rings. The standard InChI is InChI=1S/C22H31N5O3S/c1-13-7-21(4,5)12-22(8-13)18(29)27(19(30)24-22)11-17(28)25(6)10-16-15(3)23-20-26(16)9-14(2)31-20/h9,13H,7-8,10-12H2,1-6H3,(H,24,30). The first kappa shape index (κ1) is 21.8. The van der Waals surface area contributed by atoms with Gasteiger partial charge in [-0.3, -0.25) is 18.9 Å². The molecule has 0 bridgehead atoms. The fraction of sp³-hybridized carbons (Fsp3) is 0.636. The minimum Gasteiger partial charge on any atom is -0.338 e. The van der Waals surface area contributed by atoms with Crippen molar-refractivity contribution in [3.8, 4) is 0 Å². The summed E-state index contributed by atoms with van der Waals surface area (Å²) in [5.74, 6) is -0.215. The van der Waals surface area contributed by atoms with E-state index in [-0.39, 0.29) is 23.8 Å². The molecule has 1 spiro atoms. The van der Waals surface area contributed by atoms with E-state index in [0.29, 0.717) is 25.3 Å². The second-order valence-corrected chi connectivity index (χ2v) is 11.4. The third kappa shape index (κ3) is 3.84. The highest BCUT2D eigenvalue weighted by atomic mass is 32.1. The molecule has 8 nitrogen and oxygen atoms in total. The summed E-state index contributed by atoms with van der Waals surface area (Å²) in [6.07, 6.45) is 4.24. The van der Waals surface area contributed by atoms with Crippen molar-refractivity contribution < 1.29 is 14.4 Å². The summed E-state index contributed by atoms with van der Waals surface area (Å²) in [7, 11) is 1.69. The Kier molecular flexibility index (Phi) is 5.15. The summed E-state index contributed by atoms with van der Waals surface area (Å²) in [5, 5.41) is 2.94. The summed E-state index contributed by atoms with van der Waals surface area (Å²) >= 11 is 1.60. The van der Waals surface area contributed by atoms with Crippen LogP contribution in [0, 0.1) is 25.2 Å². The van der Waals surface area contributed by atoms with Gasteiger partial charge in [-0.15, -0.1) is 11.3 Å². The van der Waals surface area contributed by atoms with Crippen LogP contribution < -0.4 is 5.32 Å². The number of imide groups is 1. The molecule has 168 valence electrons. The molecule has 1 aliphatic carbocycles. The predicted molar refractivity (Wildman–Crippen MR) is 119 cm³/mol. The molecule has 9 heteroatoms. The molecule has 2 unspecified atom stereocenters. The van der Waals surface area contributed by atoms with E-state index in [1.807, 2.05) is 24.4 Å². The molecular weight excluding hydrogens is 414 g/mol. The number of nitrogens with one attached hydrogen (secondary N) is 1. The van der Waals surface area contributed by atoms with E-state index in [9.17, 15) is 14.4 Å². The zero-order valence-electron chi connectivity index (χ0n) is 19.1. The fourth-order valence-electron chi connectivity index (χ4n) is 5.52. The van der Waals surface area contributed by atoms with Gasteiger partial charge in [0.1, 0.15) is 12.1 Å². The molecule has 3 heterocycles. The molecule has 4 rings (SSSR count). The normalized spacial score (nSPS) is 25.5. The SMILES string of the molecule is Cc1cn2c(CN(C)C(=O)CN3C(=O)NC4(CC(C)CC(C)(C)C4)C3=O)c(C)nc2s1. The van der Waals surface area contributed by atoms with E-state index in [2.05, 4.69) is 31.1 Å². The highest BCUT2D eigenvalue weighted by molar-refractivity contribution is 7.17. The Morgan fingerprint density at radius 2 is 2.03 bits per heavy atom. The van der Waals surface area contributed by atoms with Gasteiger partial charge in [0.25, 0.3) is 5.91 Å². The van der Waals surface area contributed by atoms with Gasteiger partial charge < -0.3 is 10.2 Å². The van der Waals surface area contributed by atoms with E-state index in [4.69, 9.17) is 0 Å². The van der Waals surface area contributed by atoms with Gasteiger partial charge >= 0.3 is 6.03 Å². The van der Waals surface area contributed by atoms with Gasteiger partial charge in [-0.05, 0) is 44.4 Å². The van der Waals surface area contributed by atoms with E-state index in [1.165, 1.54) is 0 Å². The minimum atomic E-state index is -0.889.